The Bertz CT molecular complexity index is 960. The Morgan fingerprint density at radius 2 is 0.966 bits per heavy atom. The molecule has 0 aliphatic heterocycles. The monoisotopic (exact) mass is 384 g/mol. The van der Waals surface area contributed by atoms with Crippen molar-refractivity contribution in [1.82, 2.24) is 0 Å². The summed E-state index contributed by atoms with van der Waals surface area (Å²) in [5, 5.41) is 0. The van der Waals surface area contributed by atoms with E-state index in [4.69, 9.17) is 9.47 Å². The van der Waals surface area contributed by atoms with Gasteiger partial charge in [0.25, 0.3) is 0 Å². The Balaban J connectivity index is 1.44. The Labute approximate surface area is 169 Å². The second-order valence-corrected chi connectivity index (χ2v) is 7.55. The van der Waals surface area contributed by atoms with Gasteiger partial charge in [0, 0.05) is 11.8 Å². The molecule has 0 amide bonds. The zero-order valence-corrected chi connectivity index (χ0v) is 15.7. The first kappa shape index (κ1) is 17.7. The summed E-state index contributed by atoms with van der Waals surface area (Å²) < 4.78 is 11.8. The van der Waals surface area contributed by atoms with Gasteiger partial charge in [-0.3, -0.25) is 0 Å². The lowest BCUT2D eigenvalue weighted by Gasteiger charge is -2.32. The largest absolute Gasteiger partial charge is 0.454 e. The van der Waals surface area contributed by atoms with Crippen molar-refractivity contribution >= 4 is 11.9 Å². The lowest BCUT2D eigenvalue weighted by atomic mass is 9.87. The molecule has 0 radical (unpaired) electrons. The number of fused-ring (bicyclic) bond motifs is 5. The molecule has 2 aliphatic rings. The minimum Gasteiger partial charge on any atom is -0.454 e. The highest BCUT2D eigenvalue weighted by molar-refractivity contribution is 5.90. The second-order valence-electron chi connectivity index (χ2n) is 7.55. The molecule has 5 rings (SSSR count). The third kappa shape index (κ3) is 3.11. The molecule has 4 atom stereocenters. The highest BCUT2D eigenvalue weighted by Crippen LogP contribution is 2.55. The topological polar surface area (TPSA) is 52.6 Å². The first-order valence-corrected chi connectivity index (χ1v) is 9.83. The predicted octanol–water partition coefficient (Wildman–Crippen LogP) is 4.72. The van der Waals surface area contributed by atoms with E-state index in [0.29, 0.717) is 11.1 Å². The first-order chi connectivity index (χ1) is 14.2. The van der Waals surface area contributed by atoms with E-state index in [-0.39, 0.29) is 23.8 Å². The van der Waals surface area contributed by atoms with E-state index >= 15 is 0 Å². The van der Waals surface area contributed by atoms with Crippen LogP contribution in [0.5, 0.6) is 0 Å². The van der Waals surface area contributed by atoms with E-state index in [1.54, 1.807) is 48.5 Å². The summed E-state index contributed by atoms with van der Waals surface area (Å²) in [6.07, 6.45) is -0.163. The van der Waals surface area contributed by atoms with Crippen LogP contribution in [0.2, 0.25) is 0 Å². The Hall–Kier alpha value is -3.40. The van der Waals surface area contributed by atoms with Gasteiger partial charge in [0.1, 0.15) is 12.2 Å². The number of carbonyl (C=O) groups is 2. The van der Waals surface area contributed by atoms with Crippen LogP contribution < -0.4 is 0 Å². The van der Waals surface area contributed by atoms with Crippen LogP contribution >= 0.6 is 0 Å². The van der Waals surface area contributed by atoms with Gasteiger partial charge >= 0.3 is 11.9 Å². The highest BCUT2D eigenvalue weighted by atomic mass is 16.6. The van der Waals surface area contributed by atoms with Crippen molar-refractivity contribution in [2.24, 2.45) is 0 Å². The molecular weight excluding hydrogens is 364 g/mol. The summed E-state index contributed by atoms with van der Waals surface area (Å²) in [6.45, 7) is 0. The molecule has 2 bridgehead atoms. The molecule has 0 heterocycles. The van der Waals surface area contributed by atoms with Crippen LogP contribution in [0.3, 0.4) is 0 Å². The van der Waals surface area contributed by atoms with Crippen molar-refractivity contribution < 1.29 is 19.1 Å². The smallest absolute Gasteiger partial charge is 0.338 e. The molecule has 0 aromatic heterocycles. The van der Waals surface area contributed by atoms with Crippen LogP contribution in [0.4, 0.5) is 0 Å². The first-order valence-electron chi connectivity index (χ1n) is 9.83. The van der Waals surface area contributed by atoms with Gasteiger partial charge < -0.3 is 9.47 Å². The van der Waals surface area contributed by atoms with Gasteiger partial charge in [-0.25, -0.2) is 9.59 Å². The van der Waals surface area contributed by atoms with Crippen LogP contribution in [0, 0.1) is 0 Å². The second kappa shape index (κ2) is 7.21. The molecule has 3 aromatic carbocycles. The van der Waals surface area contributed by atoms with Gasteiger partial charge in [-0.05, 0) is 41.8 Å². The zero-order valence-electron chi connectivity index (χ0n) is 15.7. The van der Waals surface area contributed by atoms with E-state index in [0.717, 1.165) is 6.42 Å². The quantitative estimate of drug-likeness (QED) is 0.611. The highest BCUT2D eigenvalue weighted by Gasteiger charge is 2.55. The van der Waals surface area contributed by atoms with Crippen molar-refractivity contribution in [2.45, 2.75) is 30.5 Å². The molecule has 2 aliphatic carbocycles. The molecule has 0 saturated heterocycles. The van der Waals surface area contributed by atoms with Crippen molar-refractivity contribution in [2.75, 3.05) is 0 Å². The maximum absolute atomic E-state index is 12.7. The third-order valence-electron chi connectivity index (χ3n) is 5.92. The van der Waals surface area contributed by atoms with Crippen LogP contribution in [0.1, 0.15) is 50.1 Å². The normalized spacial score (nSPS) is 24.0. The summed E-state index contributed by atoms with van der Waals surface area (Å²) >= 11 is 0. The lowest BCUT2D eigenvalue weighted by molar-refractivity contribution is -0.0348. The molecule has 3 aromatic rings. The number of carbonyl (C=O) groups excluding carboxylic acids is 2. The summed E-state index contributed by atoms with van der Waals surface area (Å²) in [4.78, 5) is 25.5. The van der Waals surface area contributed by atoms with E-state index in [2.05, 4.69) is 12.1 Å². The molecule has 0 N–H and O–H groups in total. The van der Waals surface area contributed by atoms with Crippen LogP contribution in [0.25, 0.3) is 0 Å². The molecule has 4 heteroatoms. The standard InChI is InChI=1S/C25H20O4/c26-24(16-9-3-1-4-10-16)28-22-20-15-21(19-14-8-7-13-18(19)20)23(22)29-25(27)17-11-5-2-6-12-17/h1-14,20-23H,15H2/t20?,21?,22-,23?/m0/s1. The van der Waals surface area contributed by atoms with Crippen molar-refractivity contribution in [3.8, 4) is 0 Å². The van der Waals surface area contributed by atoms with Gasteiger partial charge in [-0.15, -0.1) is 0 Å². The van der Waals surface area contributed by atoms with E-state index in [1.807, 2.05) is 24.3 Å². The molecule has 1 saturated carbocycles. The maximum atomic E-state index is 12.7. The summed E-state index contributed by atoms with van der Waals surface area (Å²) in [5.74, 6) is -0.697. The van der Waals surface area contributed by atoms with Crippen molar-refractivity contribution in [3.63, 3.8) is 0 Å². The Morgan fingerprint density at radius 3 is 1.38 bits per heavy atom. The van der Waals surface area contributed by atoms with E-state index < -0.39 is 12.2 Å². The van der Waals surface area contributed by atoms with Crippen LogP contribution in [0.15, 0.2) is 84.9 Å². The molecule has 4 nitrogen and oxygen atoms in total. The van der Waals surface area contributed by atoms with E-state index in [9.17, 15) is 9.59 Å². The van der Waals surface area contributed by atoms with Gasteiger partial charge in [0.05, 0.1) is 11.1 Å². The number of hydrogen-bond acceptors (Lipinski definition) is 4. The summed E-state index contributed by atoms with van der Waals surface area (Å²) in [5.41, 5.74) is 3.37. The third-order valence-corrected chi connectivity index (χ3v) is 5.92. The lowest BCUT2D eigenvalue weighted by Crippen LogP contribution is -2.39. The fourth-order valence-corrected chi connectivity index (χ4v) is 4.62. The van der Waals surface area contributed by atoms with Gasteiger partial charge in [0.15, 0.2) is 0 Å². The SMILES string of the molecule is O=C(OC1C2CC(c3ccccc32)[C@@H]1OC(=O)c1ccccc1)c1ccccc1. The number of rotatable bonds is 4. The van der Waals surface area contributed by atoms with Gasteiger partial charge in [-0.1, -0.05) is 60.7 Å². The van der Waals surface area contributed by atoms with Crippen LogP contribution in [-0.4, -0.2) is 24.1 Å². The molecule has 144 valence electrons. The zero-order chi connectivity index (χ0) is 19.8. The average Bonchev–Trinajstić information content (AvgIpc) is 3.32. The van der Waals surface area contributed by atoms with Crippen LogP contribution in [-0.2, 0) is 9.47 Å². The molecule has 0 spiro atoms. The van der Waals surface area contributed by atoms with Gasteiger partial charge in [-0.2, -0.15) is 0 Å². The van der Waals surface area contributed by atoms with Gasteiger partial charge in [0.2, 0.25) is 0 Å². The summed E-state index contributed by atoms with van der Waals surface area (Å²) in [6, 6.07) is 26.0. The minimum absolute atomic E-state index is 0.0393. The molecule has 3 unspecified atom stereocenters. The molecule has 29 heavy (non-hydrogen) atoms. The fourth-order valence-electron chi connectivity index (χ4n) is 4.62. The Morgan fingerprint density at radius 1 is 0.586 bits per heavy atom. The molecular formula is C25H20O4. The number of hydrogen-bond donors (Lipinski definition) is 0. The summed E-state index contributed by atoms with van der Waals surface area (Å²) in [7, 11) is 0. The minimum atomic E-state index is -0.490. The Kier molecular flexibility index (Phi) is 4.39. The van der Waals surface area contributed by atoms with Crippen molar-refractivity contribution in [1.29, 1.82) is 0 Å². The fraction of sp³-hybridized carbons (Fsp3) is 0.200. The number of ether oxygens (including phenoxy) is 2. The average molecular weight is 384 g/mol. The van der Waals surface area contributed by atoms with E-state index in [1.165, 1.54) is 11.1 Å². The molecule has 1 fully saturated rings. The maximum Gasteiger partial charge on any atom is 0.338 e. The van der Waals surface area contributed by atoms with Crippen molar-refractivity contribution in [3.05, 3.63) is 107 Å². The number of benzene rings is 3. The number of esters is 2. The predicted molar refractivity (Wildman–Crippen MR) is 108 cm³/mol.